The zero-order valence-electron chi connectivity index (χ0n) is 18.9. The smallest absolute Gasteiger partial charge is 0.251 e. The number of carbonyl (C=O) groups excluding carboxylic acids is 2. The normalized spacial score (nSPS) is 10.8. The van der Waals surface area contributed by atoms with Crippen LogP contribution in [0, 0.1) is 13.8 Å². The van der Waals surface area contributed by atoms with Gasteiger partial charge in [0.2, 0.25) is 0 Å². The molecule has 0 unspecified atom stereocenters. The molecule has 2 heterocycles. The molecule has 1 N–H and O–H groups in total. The summed E-state index contributed by atoms with van der Waals surface area (Å²) in [5.74, 6) is 0.332. The minimum atomic E-state index is -0.378. The first-order valence-corrected chi connectivity index (χ1v) is 11.3. The lowest BCUT2D eigenvalue weighted by Crippen LogP contribution is -2.30. The minimum absolute atomic E-state index is 0.160. The van der Waals surface area contributed by atoms with E-state index in [1.165, 1.54) is 24.5 Å². The van der Waals surface area contributed by atoms with E-state index in [-0.39, 0.29) is 18.2 Å². The molecular formula is C26H24N2O4S. The fourth-order valence-corrected chi connectivity index (χ4v) is 4.72. The second-order valence-electron chi connectivity index (χ2n) is 7.69. The number of nitrogens with zero attached hydrogens (tertiary/aromatic N) is 1. The average Bonchev–Trinajstić information content (AvgIpc) is 3.27. The molecule has 0 fully saturated rings. The highest BCUT2D eigenvalue weighted by Gasteiger charge is 2.16. The number of ether oxygens (including phenoxy) is 2. The van der Waals surface area contributed by atoms with Gasteiger partial charge in [-0.3, -0.25) is 9.59 Å². The predicted octanol–water partition coefficient (Wildman–Crippen LogP) is 5.21. The van der Waals surface area contributed by atoms with Crippen LogP contribution >= 0.6 is 11.3 Å². The van der Waals surface area contributed by atoms with Crippen LogP contribution in [0.4, 0.5) is 0 Å². The number of aryl methyl sites for hydroxylation is 2. The number of fused-ring (bicyclic) bond motifs is 1. The summed E-state index contributed by atoms with van der Waals surface area (Å²) in [4.78, 5) is 30.1. The molecule has 0 bridgehead atoms. The van der Waals surface area contributed by atoms with Crippen molar-refractivity contribution < 1.29 is 19.1 Å². The summed E-state index contributed by atoms with van der Waals surface area (Å²) in [5, 5.41) is 5.87. The molecule has 6 nitrogen and oxygen atoms in total. The van der Waals surface area contributed by atoms with Crippen molar-refractivity contribution in [1.82, 2.24) is 10.3 Å². The van der Waals surface area contributed by atoms with Gasteiger partial charge >= 0.3 is 0 Å². The molecule has 4 aromatic rings. The van der Waals surface area contributed by atoms with Crippen molar-refractivity contribution in [1.29, 1.82) is 0 Å². The molecule has 0 aliphatic carbocycles. The third-order valence-electron chi connectivity index (χ3n) is 5.38. The first kappa shape index (κ1) is 22.5. The van der Waals surface area contributed by atoms with Gasteiger partial charge in [-0.15, -0.1) is 11.3 Å². The van der Waals surface area contributed by atoms with Crippen LogP contribution < -0.4 is 14.8 Å². The van der Waals surface area contributed by atoms with Crippen LogP contribution in [0.25, 0.3) is 21.3 Å². The van der Waals surface area contributed by atoms with E-state index < -0.39 is 0 Å². The largest absolute Gasteiger partial charge is 0.493 e. The maximum atomic E-state index is 12.9. The van der Waals surface area contributed by atoms with Crippen LogP contribution in [0.1, 0.15) is 32.0 Å². The van der Waals surface area contributed by atoms with Gasteiger partial charge in [0, 0.05) is 26.6 Å². The average molecular weight is 461 g/mol. The molecule has 0 aliphatic rings. The molecule has 0 atom stereocenters. The second-order valence-corrected chi connectivity index (χ2v) is 8.57. The van der Waals surface area contributed by atoms with Crippen LogP contribution in [-0.2, 0) is 0 Å². The molecule has 7 heteroatoms. The lowest BCUT2D eigenvalue weighted by atomic mass is 10.0. The number of hydrogen-bond acceptors (Lipinski definition) is 6. The Morgan fingerprint density at radius 1 is 1.00 bits per heavy atom. The Hall–Kier alpha value is -3.71. The maximum absolute atomic E-state index is 12.9. The predicted molar refractivity (Wildman–Crippen MR) is 131 cm³/mol. The Morgan fingerprint density at radius 3 is 2.55 bits per heavy atom. The summed E-state index contributed by atoms with van der Waals surface area (Å²) in [6.45, 7) is 3.86. The monoisotopic (exact) mass is 460 g/mol. The van der Waals surface area contributed by atoms with Gasteiger partial charge in [-0.25, -0.2) is 4.98 Å². The zero-order valence-corrected chi connectivity index (χ0v) is 19.7. The molecule has 0 saturated carbocycles. The number of amides is 1. The number of benzene rings is 2. The lowest BCUT2D eigenvalue weighted by Gasteiger charge is -2.10. The van der Waals surface area contributed by atoms with Gasteiger partial charge in [0.05, 0.1) is 26.5 Å². The fraction of sp³-hybridized carbons (Fsp3) is 0.192. The molecular weight excluding hydrogens is 436 g/mol. The van der Waals surface area contributed by atoms with E-state index in [1.807, 2.05) is 19.1 Å². The molecule has 4 rings (SSSR count). The third kappa shape index (κ3) is 4.59. The van der Waals surface area contributed by atoms with Crippen molar-refractivity contribution in [3.05, 3.63) is 76.3 Å². The van der Waals surface area contributed by atoms with Gasteiger partial charge in [-0.2, -0.15) is 0 Å². The van der Waals surface area contributed by atoms with Crippen molar-refractivity contribution in [2.75, 3.05) is 20.8 Å². The van der Waals surface area contributed by atoms with Gasteiger partial charge in [-0.05, 0) is 55.3 Å². The maximum Gasteiger partial charge on any atom is 0.251 e. The molecule has 0 aliphatic heterocycles. The lowest BCUT2D eigenvalue weighted by molar-refractivity contribution is 0.0902. The van der Waals surface area contributed by atoms with Crippen molar-refractivity contribution in [2.45, 2.75) is 13.8 Å². The number of Topliss-reactive ketones (excluding diaryl/α,β-unsaturated/α-hetero) is 1. The van der Waals surface area contributed by atoms with Crippen LogP contribution in [-0.4, -0.2) is 37.4 Å². The number of ketones is 1. The molecule has 2 aromatic carbocycles. The van der Waals surface area contributed by atoms with Gasteiger partial charge in [0.15, 0.2) is 17.3 Å². The summed E-state index contributed by atoms with van der Waals surface area (Å²) in [6, 6.07) is 14.7. The zero-order chi connectivity index (χ0) is 23.5. The summed E-state index contributed by atoms with van der Waals surface area (Å²) >= 11 is 1.67. The number of hydrogen-bond donors (Lipinski definition) is 1. The Morgan fingerprint density at radius 2 is 1.79 bits per heavy atom. The van der Waals surface area contributed by atoms with E-state index in [0.717, 1.165) is 22.2 Å². The standard InChI is InChI=1S/C26H24N2O4S/c1-15-10-20(19-14-33-25-16(2)6-5-7-18(19)25)28-21(11-15)22(29)13-27-26(30)17-8-9-23(31-3)24(12-17)32-4/h5-12,14H,13H2,1-4H3,(H,27,30). The number of nitrogens with one attached hydrogen (secondary N) is 1. The molecule has 1 amide bonds. The highest BCUT2D eigenvalue weighted by molar-refractivity contribution is 7.18. The van der Waals surface area contributed by atoms with E-state index in [1.54, 1.807) is 35.6 Å². The molecule has 0 radical (unpaired) electrons. The summed E-state index contributed by atoms with van der Waals surface area (Å²) in [5.41, 5.74) is 4.60. The Labute approximate surface area is 196 Å². The molecule has 0 spiro atoms. The molecule has 168 valence electrons. The summed E-state index contributed by atoms with van der Waals surface area (Å²) in [7, 11) is 3.03. The summed E-state index contributed by atoms with van der Waals surface area (Å²) < 4.78 is 11.6. The van der Waals surface area contributed by atoms with Crippen LogP contribution in [0.3, 0.4) is 0 Å². The number of methoxy groups -OCH3 is 2. The molecule has 0 saturated heterocycles. The van der Waals surface area contributed by atoms with Crippen molar-refractivity contribution in [3.63, 3.8) is 0 Å². The van der Waals surface area contributed by atoms with E-state index >= 15 is 0 Å². The van der Waals surface area contributed by atoms with Crippen molar-refractivity contribution >= 4 is 33.1 Å². The van der Waals surface area contributed by atoms with E-state index in [9.17, 15) is 9.59 Å². The molecule has 2 aromatic heterocycles. The van der Waals surface area contributed by atoms with Gasteiger partial charge < -0.3 is 14.8 Å². The van der Waals surface area contributed by atoms with E-state index in [0.29, 0.717) is 22.8 Å². The number of carbonyl (C=O) groups is 2. The van der Waals surface area contributed by atoms with Crippen LogP contribution in [0.5, 0.6) is 11.5 Å². The number of thiophene rings is 1. The highest BCUT2D eigenvalue weighted by Crippen LogP contribution is 2.35. The Bertz CT molecular complexity index is 1360. The first-order chi connectivity index (χ1) is 15.9. The van der Waals surface area contributed by atoms with Crippen molar-refractivity contribution in [3.8, 4) is 22.8 Å². The van der Waals surface area contributed by atoms with Crippen LogP contribution in [0.15, 0.2) is 53.9 Å². The van der Waals surface area contributed by atoms with E-state index in [4.69, 9.17) is 9.47 Å². The fourth-order valence-electron chi connectivity index (χ4n) is 3.68. The number of aromatic nitrogens is 1. The number of rotatable bonds is 7. The quantitative estimate of drug-likeness (QED) is 0.383. The van der Waals surface area contributed by atoms with Gasteiger partial charge in [0.1, 0.15) is 5.69 Å². The third-order valence-corrected chi connectivity index (χ3v) is 6.51. The second kappa shape index (κ2) is 9.42. The van der Waals surface area contributed by atoms with E-state index in [2.05, 4.69) is 34.7 Å². The molecule has 33 heavy (non-hydrogen) atoms. The highest BCUT2D eigenvalue weighted by atomic mass is 32.1. The van der Waals surface area contributed by atoms with Crippen LogP contribution in [0.2, 0.25) is 0 Å². The SMILES string of the molecule is COc1ccc(C(=O)NCC(=O)c2cc(C)cc(-c3csc4c(C)cccc34)n2)cc1OC. The summed E-state index contributed by atoms with van der Waals surface area (Å²) in [6.07, 6.45) is 0. The van der Waals surface area contributed by atoms with Gasteiger partial charge in [-0.1, -0.05) is 18.2 Å². The number of pyridine rings is 1. The first-order valence-electron chi connectivity index (χ1n) is 10.4. The Kier molecular flexibility index (Phi) is 6.42. The van der Waals surface area contributed by atoms with Gasteiger partial charge in [0.25, 0.3) is 5.91 Å². The van der Waals surface area contributed by atoms with Crippen molar-refractivity contribution in [2.24, 2.45) is 0 Å². The Balaban J connectivity index is 1.54. The topological polar surface area (TPSA) is 77.5 Å². The minimum Gasteiger partial charge on any atom is -0.493 e.